The van der Waals surface area contributed by atoms with Crippen LogP contribution in [0, 0.1) is 17.8 Å². The topological polar surface area (TPSA) is 79.5 Å². The van der Waals surface area contributed by atoms with Gasteiger partial charge in [-0.15, -0.1) is 0 Å². The molecule has 0 saturated carbocycles. The summed E-state index contributed by atoms with van der Waals surface area (Å²) in [6.45, 7) is 3.45. The van der Waals surface area contributed by atoms with Gasteiger partial charge >= 0.3 is 12.1 Å². The Bertz CT molecular complexity index is 530. The fraction of sp³-hybridized carbons (Fsp3) is 0.769. The Kier molecular flexibility index (Phi) is 4.74. The fourth-order valence-electron chi connectivity index (χ4n) is 2.59. The van der Waals surface area contributed by atoms with Crippen molar-refractivity contribution >= 4 is 5.97 Å². The second-order valence-electron chi connectivity index (χ2n) is 5.99. The molecule has 1 aliphatic rings. The van der Waals surface area contributed by atoms with Crippen LogP contribution in [-0.2, 0) is 17.8 Å². The zero-order chi connectivity index (χ0) is 16.5. The first-order valence-electron chi connectivity index (χ1n) is 7.00. The molecule has 1 aromatic rings. The molecule has 124 valence electrons. The van der Waals surface area contributed by atoms with Gasteiger partial charge in [0.15, 0.2) is 5.82 Å². The Morgan fingerprint density at radius 2 is 2.14 bits per heavy atom. The van der Waals surface area contributed by atoms with E-state index in [2.05, 4.69) is 10.1 Å². The molecule has 1 fully saturated rings. The molecule has 1 saturated heterocycles. The van der Waals surface area contributed by atoms with Crippen molar-refractivity contribution in [2.45, 2.75) is 33.0 Å². The molecule has 0 amide bonds. The van der Waals surface area contributed by atoms with Gasteiger partial charge in [0.05, 0.1) is 18.4 Å². The van der Waals surface area contributed by atoms with Crippen LogP contribution < -0.4 is 0 Å². The highest BCUT2D eigenvalue weighted by molar-refractivity contribution is 5.71. The third kappa shape index (κ3) is 3.96. The molecule has 0 aliphatic carbocycles. The maximum atomic E-state index is 12.9. The lowest BCUT2D eigenvalue weighted by Crippen LogP contribution is -2.33. The SMILES string of the molecule is CC(C)Cc1noc(CN2C[C@@H](C(F)(F)F)[C@H](C(=O)O)C2)n1. The quantitative estimate of drug-likeness (QED) is 0.893. The van der Waals surface area contributed by atoms with Crippen molar-refractivity contribution in [2.24, 2.45) is 17.8 Å². The van der Waals surface area contributed by atoms with E-state index in [0.717, 1.165) is 0 Å². The molecule has 1 N–H and O–H groups in total. The van der Waals surface area contributed by atoms with E-state index in [1.54, 1.807) is 0 Å². The lowest BCUT2D eigenvalue weighted by atomic mass is 9.96. The minimum atomic E-state index is -4.53. The maximum absolute atomic E-state index is 12.9. The molecule has 2 rings (SSSR count). The highest BCUT2D eigenvalue weighted by atomic mass is 19.4. The van der Waals surface area contributed by atoms with Crippen molar-refractivity contribution in [1.82, 2.24) is 15.0 Å². The third-order valence-electron chi connectivity index (χ3n) is 3.59. The van der Waals surface area contributed by atoms with E-state index in [1.165, 1.54) is 4.90 Å². The number of rotatable bonds is 5. The van der Waals surface area contributed by atoms with E-state index >= 15 is 0 Å². The summed E-state index contributed by atoms with van der Waals surface area (Å²) in [7, 11) is 0. The smallest absolute Gasteiger partial charge is 0.393 e. The lowest BCUT2D eigenvalue weighted by molar-refractivity contribution is -0.188. The average Bonchev–Trinajstić information content (AvgIpc) is 2.95. The Morgan fingerprint density at radius 3 is 2.64 bits per heavy atom. The first kappa shape index (κ1) is 16.7. The Labute approximate surface area is 125 Å². The summed E-state index contributed by atoms with van der Waals surface area (Å²) in [6.07, 6.45) is -3.91. The number of aromatic nitrogens is 2. The summed E-state index contributed by atoms with van der Waals surface area (Å²) in [5, 5.41) is 12.7. The molecular formula is C13H18F3N3O3. The van der Waals surface area contributed by atoms with Gasteiger partial charge in [0.1, 0.15) is 0 Å². The van der Waals surface area contributed by atoms with Crippen LogP contribution in [0.2, 0.25) is 0 Å². The van der Waals surface area contributed by atoms with Crippen molar-refractivity contribution in [3.8, 4) is 0 Å². The molecule has 6 nitrogen and oxygen atoms in total. The van der Waals surface area contributed by atoms with Crippen molar-refractivity contribution in [3.05, 3.63) is 11.7 Å². The molecule has 22 heavy (non-hydrogen) atoms. The number of carboxylic acids is 1. The number of aliphatic carboxylic acids is 1. The standard InChI is InChI=1S/C13H18F3N3O3/c1-7(2)3-10-17-11(22-18-10)6-19-4-8(12(20)21)9(5-19)13(14,15)16/h7-9H,3-6H2,1-2H3,(H,20,21)/t8-,9-/m1/s1. The summed E-state index contributed by atoms with van der Waals surface area (Å²) in [5.41, 5.74) is 0. The number of hydrogen-bond donors (Lipinski definition) is 1. The van der Waals surface area contributed by atoms with Crippen LogP contribution in [0.15, 0.2) is 4.52 Å². The van der Waals surface area contributed by atoms with Gasteiger partial charge in [-0.2, -0.15) is 18.2 Å². The second-order valence-corrected chi connectivity index (χ2v) is 5.99. The Hall–Kier alpha value is -1.64. The number of likely N-dealkylation sites (tertiary alicyclic amines) is 1. The van der Waals surface area contributed by atoms with Gasteiger partial charge in [-0.05, 0) is 5.92 Å². The van der Waals surface area contributed by atoms with Gasteiger partial charge in [-0.25, -0.2) is 0 Å². The molecule has 9 heteroatoms. The van der Waals surface area contributed by atoms with Crippen LogP contribution in [0.25, 0.3) is 0 Å². The third-order valence-corrected chi connectivity index (χ3v) is 3.59. The zero-order valence-electron chi connectivity index (χ0n) is 12.3. The number of carbonyl (C=O) groups is 1. The monoisotopic (exact) mass is 321 g/mol. The highest BCUT2D eigenvalue weighted by Gasteiger charge is 2.52. The number of halogens is 3. The van der Waals surface area contributed by atoms with Crippen molar-refractivity contribution in [2.75, 3.05) is 13.1 Å². The molecule has 2 heterocycles. The summed E-state index contributed by atoms with van der Waals surface area (Å²) >= 11 is 0. The minimum Gasteiger partial charge on any atom is -0.481 e. The molecule has 0 unspecified atom stereocenters. The molecule has 0 spiro atoms. The van der Waals surface area contributed by atoms with Crippen LogP contribution in [-0.4, -0.2) is 45.4 Å². The summed E-state index contributed by atoms with van der Waals surface area (Å²) in [5.74, 6) is -3.71. The zero-order valence-corrected chi connectivity index (χ0v) is 12.3. The van der Waals surface area contributed by atoms with Gasteiger partial charge in [0.2, 0.25) is 5.89 Å². The molecule has 0 bridgehead atoms. The fourth-order valence-corrected chi connectivity index (χ4v) is 2.59. The van der Waals surface area contributed by atoms with Crippen molar-refractivity contribution in [3.63, 3.8) is 0 Å². The summed E-state index contributed by atoms with van der Waals surface area (Å²) in [6, 6.07) is 0. The number of carboxylic acid groups (broad SMARTS) is 1. The average molecular weight is 321 g/mol. The van der Waals surface area contributed by atoms with Gasteiger partial charge in [-0.1, -0.05) is 19.0 Å². The van der Waals surface area contributed by atoms with Crippen LogP contribution in [0.5, 0.6) is 0 Å². The normalized spacial score (nSPS) is 23.4. The van der Waals surface area contributed by atoms with Crippen LogP contribution in [0.3, 0.4) is 0 Å². The van der Waals surface area contributed by atoms with Crippen LogP contribution in [0.4, 0.5) is 13.2 Å². The second kappa shape index (κ2) is 6.23. The molecule has 2 atom stereocenters. The van der Waals surface area contributed by atoms with Gasteiger partial charge < -0.3 is 9.63 Å². The number of alkyl halides is 3. The molecule has 0 radical (unpaired) electrons. The first-order chi connectivity index (χ1) is 10.2. The number of nitrogens with zero attached hydrogens (tertiary/aromatic N) is 3. The molecule has 0 aromatic carbocycles. The molecule has 1 aliphatic heterocycles. The van der Waals surface area contributed by atoms with Crippen molar-refractivity contribution < 1.29 is 27.6 Å². The summed E-state index contributed by atoms with van der Waals surface area (Å²) in [4.78, 5) is 16.5. The first-order valence-corrected chi connectivity index (χ1v) is 7.00. The van der Waals surface area contributed by atoms with E-state index in [-0.39, 0.29) is 25.5 Å². The largest absolute Gasteiger partial charge is 0.481 e. The predicted molar refractivity (Wildman–Crippen MR) is 68.8 cm³/mol. The molecular weight excluding hydrogens is 303 g/mol. The molecule has 1 aromatic heterocycles. The Morgan fingerprint density at radius 1 is 1.45 bits per heavy atom. The van der Waals surface area contributed by atoms with Crippen LogP contribution in [0.1, 0.15) is 25.6 Å². The maximum Gasteiger partial charge on any atom is 0.393 e. The minimum absolute atomic E-state index is 0.0292. The van der Waals surface area contributed by atoms with E-state index in [0.29, 0.717) is 18.2 Å². The summed E-state index contributed by atoms with van der Waals surface area (Å²) < 4.78 is 43.7. The predicted octanol–water partition coefficient (Wildman–Crippen LogP) is 1.96. The van der Waals surface area contributed by atoms with Crippen LogP contribution >= 0.6 is 0 Å². The lowest BCUT2D eigenvalue weighted by Gasteiger charge is -2.17. The van der Waals surface area contributed by atoms with Crippen molar-refractivity contribution in [1.29, 1.82) is 0 Å². The highest BCUT2D eigenvalue weighted by Crippen LogP contribution is 2.38. The van der Waals surface area contributed by atoms with Gasteiger partial charge in [0.25, 0.3) is 0 Å². The van der Waals surface area contributed by atoms with E-state index in [4.69, 9.17) is 9.63 Å². The van der Waals surface area contributed by atoms with Gasteiger partial charge in [-0.3, -0.25) is 9.69 Å². The van der Waals surface area contributed by atoms with Gasteiger partial charge in [0, 0.05) is 19.5 Å². The van der Waals surface area contributed by atoms with E-state index in [9.17, 15) is 18.0 Å². The Balaban J connectivity index is 2.02. The number of hydrogen-bond acceptors (Lipinski definition) is 5. The van der Waals surface area contributed by atoms with E-state index < -0.39 is 24.0 Å². The van der Waals surface area contributed by atoms with E-state index in [1.807, 2.05) is 13.8 Å².